The van der Waals surface area contributed by atoms with Crippen LogP contribution in [-0.4, -0.2) is 48.0 Å². The summed E-state index contributed by atoms with van der Waals surface area (Å²) in [7, 11) is 0. The van der Waals surface area contributed by atoms with Crippen molar-refractivity contribution in [2.75, 3.05) is 36.4 Å². The maximum atomic E-state index is 12.6. The van der Waals surface area contributed by atoms with Gasteiger partial charge in [-0.15, -0.1) is 0 Å². The first kappa shape index (κ1) is 22.7. The van der Waals surface area contributed by atoms with Crippen molar-refractivity contribution < 1.29 is 9.59 Å². The van der Waals surface area contributed by atoms with Gasteiger partial charge < -0.3 is 15.1 Å². The van der Waals surface area contributed by atoms with Crippen LogP contribution >= 0.6 is 12.2 Å². The molecule has 3 rings (SSSR count). The average Bonchev–Trinajstić information content (AvgIpc) is 2.73. The zero-order valence-corrected chi connectivity index (χ0v) is 19.4. The molecule has 0 atom stereocenters. The molecule has 0 aromatic heterocycles. The monoisotopic (exact) mass is 438 g/mol. The minimum atomic E-state index is -0.245. The van der Waals surface area contributed by atoms with E-state index in [4.69, 9.17) is 12.2 Å². The van der Waals surface area contributed by atoms with Crippen molar-refractivity contribution in [3.8, 4) is 0 Å². The van der Waals surface area contributed by atoms with Crippen LogP contribution in [-0.2, 0) is 10.2 Å². The second kappa shape index (κ2) is 9.47. The van der Waals surface area contributed by atoms with Gasteiger partial charge in [-0.3, -0.25) is 14.9 Å². The lowest BCUT2D eigenvalue weighted by Gasteiger charge is -2.36. The zero-order valence-electron chi connectivity index (χ0n) is 18.6. The predicted molar refractivity (Wildman–Crippen MR) is 130 cm³/mol. The van der Waals surface area contributed by atoms with Crippen molar-refractivity contribution in [2.45, 2.75) is 33.1 Å². The third kappa shape index (κ3) is 5.82. The molecule has 31 heavy (non-hydrogen) atoms. The smallest absolute Gasteiger partial charge is 0.257 e. The van der Waals surface area contributed by atoms with E-state index >= 15 is 0 Å². The number of anilines is 2. The molecule has 0 bridgehead atoms. The molecule has 1 aliphatic rings. The van der Waals surface area contributed by atoms with E-state index in [-0.39, 0.29) is 22.3 Å². The third-order valence-corrected chi connectivity index (χ3v) is 5.66. The van der Waals surface area contributed by atoms with Gasteiger partial charge in [-0.1, -0.05) is 45.0 Å². The summed E-state index contributed by atoms with van der Waals surface area (Å²) in [5.74, 6) is -0.143. The Morgan fingerprint density at radius 1 is 0.935 bits per heavy atom. The summed E-state index contributed by atoms with van der Waals surface area (Å²) in [5, 5.41) is 6.17. The highest BCUT2D eigenvalue weighted by molar-refractivity contribution is 7.80. The zero-order chi connectivity index (χ0) is 22.6. The van der Waals surface area contributed by atoms with E-state index in [9.17, 15) is 9.59 Å². The molecule has 2 aromatic carbocycles. The standard InChI is InChI=1S/C24H30N4O2S/c1-17(29)27-13-15-28(16-14-27)21-8-6-5-7-20(21)25-23(31)26-22(30)18-9-11-19(12-10-18)24(2,3)4/h5-12H,13-16H2,1-4H3,(H2,25,26,30,31). The molecular formula is C24H30N4O2S. The van der Waals surface area contributed by atoms with Crippen LogP contribution in [0.4, 0.5) is 11.4 Å². The lowest BCUT2D eigenvalue weighted by molar-refractivity contribution is -0.129. The highest BCUT2D eigenvalue weighted by Gasteiger charge is 2.21. The quantitative estimate of drug-likeness (QED) is 0.714. The molecule has 0 saturated carbocycles. The van der Waals surface area contributed by atoms with Crippen LogP contribution in [0.5, 0.6) is 0 Å². The third-order valence-electron chi connectivity index (χ3n) is 5.46. The fourth-order valence-corrected chi connectivity index (χ4v) is 3.77. The summed E-state index contributed by atoms with van der Waals surface area (Å²) >= 11 is 5.40. The second-order valence-corrected chi connectivity index (χ2v) is 9.15. The Labute approximate surface area is 189 Å². The lowest BCUT2D eigenvalue weighted by atomic mass is 9.87. The van der Waals surface area contributed by atoms with Gasteiger partial charge in [0, 0.05) is 38.7 Å². The second-order valence-electron chi connectivity index (χ2n) is 8.75. The molecule has 0 unspecified atom stereocenters. The van der Waals surface area contributed by atoms with Crippen molar-refractivity contribution in [1.29, 1.82) is 0 Å². The Balaban J connectivity index is 1.63. The number of amides is 2. The fourth-order valence-electron chi connectivity index (χ4n) is 3.57. The van der Waals surface area contributed by atoms with Gasteiger partial charge in [0.05, 0.1) is 11.4 Å². The van der Waals surface area contributed by atoms with Crippen molar-refractivity contribution in [2.24, 2.45) is 0 Å². The molecule has 1 saturated heterocycles. The average molecular weight is 439 g/mol. The maximum Gasteiger partial charge on any atom is 0.257 e. The van der Waals surface area contributed by atoms with Crippen molar-refractivity contribution in [3.63, 3.8) is 0 Å². The summed E-state index contributed by atoms with van der Waals surface area (Å²) in [5.41, 5.74) is 3.59. The van der Waals surface area contributed by atoms with Crippen molar-refractivity contribution >= 4 is 40.5 Å². The number of carbonyl (C=O) groups is 2. The summed E-state index contributed by atoms with van der Waals surface area (Å²) in [6, 6.07) is 15.4. The minimum absolute atomic E-state index is 0.0332. The van der Waals surface area contributed by atoms with E-state index in [1.807, 2.05) is 53.4 Å². The predicted octanol–water partition coefficient (Wildman–Crippen LogP) is 3.78. The first-order chi connectivity index (χ1) is 14.6. The lowest BCUT2D eigenvalue weighted by Crippen LogP contribution is -2.48. The fraction of sp³-hybridized carbons (Fsp3) is 0.375. The molecule has 1 fully saturated rings. The number of carbonyl (C=O) groups excluding carboxylic acids is 2. The molecule has 2 aromatic rings. The van der Waals surface area contributed by atoms with E-state index in [1.54, 1.807) is 6.92 Å². The van der Waals surface area contributed by atoms with Crippen LogP contribution in [0, 0.1) is 0 Å². The SMILES string of the molecule is CC(=O)N1CCN(c2ccccc2NC(=S)NC(=O)c2ccc(C(C)(C)C)cc2)CC1. The van der Waals surface area contributed by atoms with Crippen LogP contribution in [0.25, 0.3) is 0 Å². The van der Waals surface area contributed by atoms with Gasteiger partial charge in [0.2, 0.25) is 5.91 Å². The number of piperazine rings is 1. The van der Waals surface area contributed by atoms with Gasteiger partial charge in [0.25, 0.3) is 5.91 Å². The van der Waals surface area contributed by atoms with E-state index in [2.05, 4.69) is 36.3 Å². The first-order valence-corrected chi connectivity index (χ1v) is 10.9. The van der Waals surface area contributed by atoms with Crippen LogP contribution in [0.3, 0.4) is 0 Å². The van der Waals surface area contributed by atoms with E-state index in [1.165, 1.54) is 5.56 Å². The van der Waals surface area contributed by atoms with Gasteiger partial charge >= 0.3 is 0 Å². The molecule has 2 amide bonds. The number of para-hydroxylation sites is 2. The topological polar surface area (TPSA) is 64.7 Å². The number of nitrogens with one attached hydrogen (secondary N) is 2. The highest BCUT2D eigenvalue weighted by Crippen LogP contribution is 2.27. The molecule has 1 heterocycles. The van der Waals surface area contributed by atoms with Crippen molar-refractivity contribution in [3.05, 3.63) is 59.7 Å². The Morgan fingerprint density at radius 3 is 2.13 bits per heavy atom. The van der Waals surface area contributed by atoms with Crippen LogP contribution in [0.15, 0.2) is 48.5 Å². The molecule has 0 aliphatic carbocycles. The van der Waals surface area contributed by atoms with E-state index in [0.29, 0.717) is 18.7 Å². The van der Waals surface area contributed by atoms with Gasteiger partial charge in [0.1, 0.15) is 0 Å². The number of thiocarbonyl (C=S) groups is 1. The molecule has 6 nitrogen and oxygen atoms in total. The largest absolute Gasteiger partial charge is 0.366 e. The van der Waals surface area contributed by atoms with Crippen LogP contribution in [0.2, 0.25) is 0 Å². The molecule has 7 heteroatoms. The number of hydrogen-bond acceptors (Lipinski definition) is 4. The summed E-state index contributed by atoms with van der Waals surface area (Å²) in [4.78, 5) is 28.3. The molecule has 1 aliphatic heterocycles. The van der Waals surface area contributed by atoms with Gasteiger partial charge in [0.15, 0.2) is 5.11 Å². The summed E-state index contributed by atoms with van der Waals surface area (Å²) in [6.45, 7) is 10.9. The number of hydrogen-bond donors (Lipinski definition) is 2. The van der Waals surface area contributed by atoms with Crippen molar-refractivity contribution in [1.82, 2.24) is 10.2 Å². The van der Waals surface area contributed by atoms with Gasteiger partial charge in [-0.05, 0) is 47.5 Å². The molecule has 0 spiro atoms. The highest BCUT2D eigenvalue weighted by atomic mass is 32.1. The van der Waals surface area contributed by atoms with Crippen LogP contribution < -0.4 is 15.5 Å². The minimum Gasteiger partial charge on any atom is -0.366 e. The Hall–Kier alpha value is -2.93. The number of benzene rings is 2. The maximum absolute atomic E-state index is 12.6. The van der Waals surface area contributed by atoms with Crippen LogP contribution in [0.1, 0.15) is 43.6 Å². The molecule has 0 radical (unpaired) electrons. The van der Waals surface area contributed by atoms with Gasteiger partial charge in [-0.25, -0.2) is 0 Å². The normalized spacial score (nSPS) is 14.2. The van der Waals surface area contributed by atoms with E-state index < -0.39 is 0 Å². The first-order valence-electron chi connectivity index (χ1n) is 10.5. The Bertz CT molecular complexity index is 958. The number of nitrogens with zero attached hydrogens (tertiary/aromatic N) is 2. The Morgan fingerprint density at radius 2 is 1.55 bits per heavy atom. The number of rotatable bonds is 3. The molecule has 2 N–H and O–H groups in total. The Kier molecular flexibility index (Phi) is 6.95. The molecule has 164 valence electrons. The summed E-state index contributed by atoms with van der Waals surface area (Å²) < 4.78 is 0. The summed E-state index contributed by atoms with van der Waals surface area (Å²) in [6.07, 6.45) is 0. The van der Waals surface area contributed by atoms with E-state index in [0.717, 1.165) is 24.5 Å². The van der Waals surface area contributed by atoms with Gasteiger partial charge in [-0.2, -0.15) is 0 Å². The molecular weight excluding hydrogens is 408 g/mol.